The van der Waals surface area contributed by atoms with Crippen molar-refractivity contribution in [3.8, 4) is 21.6 Å². The molecule has 6 N–H and O–H groups in total. The summed E-state index contributed by atoms with van der Waals surface area (Å²) in [6.07, 6.45) is -4.50. The maximum atomic E-state index is 15.9. The fourth-order valence-corrected chi connectivity index (χ4v) is 10.2. The van der Waals surface area contributed by atoms with Gasteiger partial charge in [0.2, 0.25) is 23.3 Å². The standard InChI is InChI=1S/C54H63F4N9O7S/c1-30-26-66(27-31(2)65(30)7)43-18-16-35(21-42(43)63-50(72)39-25-60-46(70)23-40(39)54(56,57)58)38-17-15-36(20-41(38)55)49(71)59-19-9-8-10-45(69)64-48(53(4,5)6)52(74)67-28-37(68)22-44(67)51(73)61-24-33-11-13-34(14-12-33)47-32(3)62-29-75-47/h11-18,20-21,23,25,29-31,37,44,48,68H,8-10,19,22,24,26-28H2,1-7H3,(H,59,71)(H,60,70)(H,61,73)(H,63,72)(H,64,69)/t30-,31+,37-,44+,48?/m1/s1. The molecular formula is C54H63F4N9O7S. The zero-order chi connectivity index (χ0) is 54.5. The van der Waals surface area contributed by atoms with E-state index in [1.54, 1.807) is 49.8 Å². The summed E-state index contributed by atoms with van der Waals surface area (Å²) in [5.74, 6) is -3.85. The monoisotopic (exact) mass is 1060 g/mol. The van der Waals surface area contributed by atoms with Gasteiger partial charge in [-0.3, -0.25) is 33.7 Å². The Morgan fingerprint density at radius 1 is 0.893 bits per heavy atom. The average molecular weight is 1060 g/mol. The first-order chi connectivity index (χ1) is 35.4. The first-order valence-electron chi connectivity index (χ1n) is 24.7. The van der Waals surface area contributed by atoms with Crippen LogP contribution in [0.15, 0.2) is 83.2 Å². The van der Waals surface area contributed by atoms with E-state index < -0.39 is 81.8 Å². The van der Waals surface area contributed by atoms with Crippen LogP contribution in [-0.4, -0.2) is 118 Å². The number of nitrogens with zero attached hydrogens (tertiary/aromatic N) is 4. The number of nitrogens with one attached hydrogen (secondary N) is 5. The van der Waals surface area contributed by atoms with Crippen LogP contribution in [0.5, 0.6) is 0 Å². The molecule has 400 valence electrons. The lowest BCUT2D eigenvalue weighted by atomic mass is 9.85. The summed E-state index contributed by atoms with van der Waals surface area (Å²) >= 11 is 1.54. The number of carbonyl (C=O) groups excluding carboxylic acids is 5. The molecule has 2 fully saturated rings. The highest BCUT2D eigenvalue weighted by atomic mass is 32.1. The summed E-state index contributed by atoms with van der Waals surface area (Å²) in [7, 11) is 1.98. The molecule has 2 saturated heterocycles. The third-order valence-electron chi connectivity index (χ3n) is 13.8. The first-order valence-corrected chi connectivity index (χ1v) is 25.6. The van der Waals surface area contributed by atoms with Gasteiger partial charge in [0.1, 0.15) is 17.9 Å². The van der Waals surface area contributed by atoms with Gasteiger partial charge in [-0.25, -0.2) is 9.37 Å². The molecule has 4 heterocycles. The van der Waals surface area contributed by atoms with Crippen molar-refractivity contribution in [1.29, 1.82) is 0 Å². The topological polar surface area (TPSA) is 209 Å². The number of benzene rings is 3. The van der Waals surface area contributed by atoms with E-state index in [0.29, 0.717) is 43.9 Å². The number of H-pyrrole nitrogens is 1. The van der Waals surface area contributed by atoms with Crippen LogP contribution >= 0.6 is 11.3 Å². The van der Waals surface area contributed by atoms with E-state index in [2.05, 4.69) is 36.1 Å². The zero-order valence-electron chi connectivity index (χ0n) is 42.9. The van der Waals surface area contributed by atoms with Gasteiger partial charge >= 0.3 is 6.18 Å². The first kappa shape index (κ1) is 55.8. The van der Waals surface area contributed by atoms with E-state index in [1.807, 2.05) is 57.0 Å². The zero-order valence-corrected chi connectivity index (χ0v) is 43.7. The highest BCUT2D eigenvalue weighted by molar-refractivity contribution is 7.13. The van der Waals surface area contributed by atoms with Crippen LogP contribution in [0.2, 0.25) is 0 Å². The Kier molecular flexibility index (Phi) is 17.3. The lowest BCUT2D eigenvalue weighted by Gasteiger charge is -2.44. The molecule has 0 saturated carbocycles. The number of β-amino-alcohol motifs (C(OH)–C–C–N with tert-alkyl or cyclic N) is 1. The lowest BCUT2D eigenvalue weighted by Crippen LogP contribution is -2.57. The Balaban J connectivity index is 0.936. The number of aromatic amines is 1. The summed E-state index contributed by atoms with van der Waals surface area (Å²) in [6, 6.07) is 14.8. The minimum absolute atomic E-state index is 0.000592. The van der Waals surface area contributed by atoms with Crippen molar-refractivity contribution in [1.82, 2.24) is 35.7 Å². The van der Waals surface area contributed by atoms with Gasteiger partial charge in [-0.1, -0.05) is 57.2 Å². The fraction of sp³-hybridized carbons (Fsp3) is 0.426. The molecule has 16 nitrogen and oxygen atoms in total. The lowest BCUT2D eigenvalue weighted by molar-refractivity contribution is -0.144. The van der Waals surface area contributed by atoms with Crippen molar-refractivity contribution in [3.63, 3.8) is 0 Å². The Morgan fingerprint density at radius 3 is 2.23 bits per heavy atom. The van der Waals surface area contributed by atoms with E-state index in [0.717, 1.165) is 27.8 Å². The second-order valence-electron chi connectivity index (χ2n) is 20.4. The number of piperazine rings is 1. The minimum atomic E-state index is -5.01. The number of hydrogen-bond acceptors (Lipinski definition) is 11. The maximum absolute atomic E-state index is 15.9. The molecule has 5 aromatic rings. The van der Waals surface area contributed by atoms with Crippen LogP contribution in [0, 0.1) is 18.2 Å². The van der Waals surface area contributed by atoms with Crippen molar-refractivity contribution < 1.29 is 46.6 Å². The highest BCUT2D eigenvalue weighted by Gasteiger charge is 2.44. The third-order valence-corrected chi connectivity index (χ3v) is 14.8. The molecule has 0 aliphatic carbocycles. The van der Waals surface area contributed by atoms with E-state index in [-0.39, 0.29) is 66.9 Å². The van der Waals surface area contributed by atoms with Crippen molar-refractivity contribution in [2.24, 2.45) is 5.41 Å². The number of likely N-dealkylation sites (N-methyl/N-ethyl adjacent to an activating group) is 1. The molecule has 1 unspecified atom stereocenters. The predicted octanol–water partition coefficient (Wildman–Crippen LogP) is 7.12. The average Bonchev–Trinajstić information content (AvgIpc) is 3.98. The number of rotatable bonds is 16. The fourth-order valence-electron chi connectivity index (χ4n) is 9.38. The summed E-state index contributed by atoms with van der Waals surface area (Å²) in [5, 5.41) is 21.7. The third kappa shape index (κ3) is 13.5. The Labute approximate surface area is 436 Å². The summed E-state index contributed by atoms with van der Waals surface area (Å²) in [4.78, 5) is 92.4. The smallest absolute Gasteiger partial charge is 0.391 e. The number of halogens is 4. The largest absolute Gasteiger partial charge is 0.417 e. The number of aliphatic hydroxyl groups excluding tert-OH is 1. The molecule has 5 atom stereocenters. The molecular weight excluding hydrogens is 995 g/mol. The molecule has 0 spiro atoms. The minimum Gasteiger partial charge on any atom is -0.391 e. The normalized spacial score (nSPS) is 18.6. The second kappa shape index (κ2) is 23.3. The number of amides is 5. The van der Waals surface area contributed by atoms with Crippen molar-refractivity contribution in [2.45, 2.75) is 110 Å². The van der Waals surface area contributed by atoms with Gasteiger partial charge in [0.05, 0.1) is 44.7 Å². The molecule has 2 aliphatic heterocycles. The van der Waals surface area contributed by atoms with Crippen molar-refractivity contribution in [2.75, 3.05) is 43.4 Å². The molecule has 3 aromatic carbocycles. The van der Waals surface area contributed by atoms with Crippen LogP contribution in [0.4, 0.5) is 28.9 Å². The summed E-state index contributed by atoms with van der Waals surface area (Å²) in [6.45, 7) is 12.6. The molecule has 75 heavy (non-hydrogen) atoms. The number of aryl methyl sites for hydroxylation is 1. The van der Waals surface area contributed by atoms with E-state index >= 15 is 4.39 Å². The number of anilines is 2. The SMILES string of the molecule is Cc1ncsc1-c1ccc(CNC(=O)[C@@H]2C[C@@H](O)CN2C(=O)C(NC(=O)CCCCNC(=O)c2ccc(-c3ccc(N4C[C@@H](C)N(C)[C@@H](C)C4)c(NC(=O)c4c[nH]c(=O)cc4C(F)(F)F)c3)c(F)c2)C(C)(C)C)cc1. The number of aliphatic hydroxyl groups is 1. The number of aromatic nitrogens is 2. The van der Waals surface area contributed by atoms with E-state index in [4.69, 9.17) is 0 Å². The van der Waals surface area contributed by atoms with Crippen LogP contribution in [-0.2, 0) is 27.1 Å². The van der Waals surface area contributed by atoms with Crippen LogP contribution in [0.3, 0.4) is 0 Å². The van der Waals surface area contributed by atoms with Gasteiger partial charge in [0, 0.05) is 81.0 Å². The van der Waals surface area contributed by atoms with Crippen molar-refractivity contribution >= 4 is 52.2 Å². The van der Waals surface area contributed by atoms with Crippen LogP contribution in [0.25, 0.3) is 21.6 Å². The Morgan fingerprint density at radius 2 is 1.59 bits per heavy atom. The van der Waals surface area contributed by atoms with Gasteiger partial charge in [-0.05, 0) is 87.0 Å². The second-order valence-corrected chi connectivity index (χ2v) is 21.3. The number of hydrogen-bond donors (Lipinski definition) is 6. The number of likely N-dealkylation sites (tertiary alicyclic amines) is 1. The molecule has 2 aliphatic rings. The Bertz CT molecular complexity index is 2960. The number of thiazole rings is 1. The molecule has 0 bridgehead atoms. The summed E-state index contributed by atoms with van der Waals surface area (Å²) in [5.41, 5.74) is 1.47. The summed E-state index contributed by atoms with van der Waals surface area (Å²) < 4.78 is 57.8. The molecule has 2 aromatic heterocycles. The quantitative estimate of drug-likeness (QED) is 0.0436. The van der Waals surface area contributed by atoms with E-state index in [9.17, 15) is 47.0 Å². The van der Waals surface area contributed by atoms with Gasteiger partial charge in [0.25, 0.3) is 11.8 Å². The van der Waals surface area contributed by atoms with Crippen molar-refractivity contribution in [3.05, 3.63) is 123 Å². The number of alkyl halides is 3. The van der Waals surface area contributed by atoms with Crippen LogP contribution < -0.4 is 31.7 Å². The number of pyridine rings is 1. The van der Waals surface area contributed by atoms with Gasteiger partial charge < -0.3 is 41.2 Å². The van der Waals surface area contributed by atoms with E-state index in [1.165, 1.54) is 23.1 Å². The molecule has 21 heteroatoms. The number of unbranched alkanes of at least 4 members (excludes halogenated alkanes) is 1. The molecule has 0 radical (unpaired) electrons. The predicted molar refractivity (Wildman–Crippen MR) is 279 cm³/mol. The van der Waals surface area contributed by atoms with Gasteiger partial charge in [-0.15, -0.1) is 11.3 Å². The molecule has 7 rings (SSSR count). The number of carbonyl (C=O) groups is 5. The van der Waals surface area contributed by atoms with Gasteiger partial charge in [0.15, 0.2) is 0 Å². The van der Waals surface area contributed by atoms with Crippen LogP contribution in [0.1, 0.15) is 97.8 Å². The van der Waals surface area contributed by atoms with Gasteiger partial charge in [-0.2, -0.15) is 13.2 Å². The Hall–Kier alpha value is -6.97. The maximum Gasteiger partial charge on any atom is 0.417 e. The molecule has 5 amide bonds. The highest BCUT2D eigenvalue weighted by Crippen LogP contribution is 2.37.